The number of hydrogen-bond acceptors (Lipinski definition) is 5. The molecule has 0 aromatic carbocycles. The van der Waals surface area contributed by atoms with E-state index in [-0.39, 0.29) is 10.9 Å². The first-order valence-corrected chi connectivity index (χ1v) is 10.8. The van der Waals surface area contributed by atoms with E-state index >= 15 is 0 Å². The highest BCUT2D eigenvalue weighted by Gasteiger charge is 2.67. The highest BCUT2D eigenvalue weighted by molar-refractivity contribution is 9.12. The van der Waals surface area contributed by atoms with Crippen LogP contribution in [0.1, 0.15) is 6.42 Å². The van der Waals surface area contributed by atoms with Crippen molar-refractivity contribution in [2.24, 2.45) is 5.92 Å². The number of allylic oxidation sites excluding steroid dienone is 2. The van der Waals surface area contributed by atoms with Crippen LogP contribution < -0.4 is 0 Å². The number of carbonyl (C=O) groups is 2. The Bertz CT molecular complexity index is 580. The van der Waals surface area contributed by atoms with E-state index in [1.165, 1.54) is 0 Å². The summed E-state index contributed by atoms with van der Waals surface area (Å²) >= 11 is 3.02. The number of nitro groups is 1. The minimum absolute atomic E-state index is 0.0945. The largest absolute Gasteiger partial charge is 0.404 e. The summed E-state index contributed by atoms with van der Waals surface area (Å²) in [6.07, 6.45) is 3.41. The molecule has 2 rings (SSSR count). The third-order valence-electron chi connectivity index (χ3n) is 3.63. The van der Waals surface area contributed by atoms with Crippen molar-refractivity contribution in [1.82, 2.24) is 0 Å². The average molecular weight is 374 g/mol. The number of fused-ring (bicyclic) bond motifs is 1. The molecule has 0 N–H and O–H groups in total. The lowest BCUT2D eigenvalue weighted by atomic mass is 9.67. The lowest BCUT2D eigenvalue weighted by Gasteiger charge is -2.41. The molecular weight excluding hydrogens is 358 g/mol. The van der Waals surface area contributed by atoms with Crippen LogP contribution in [0.3, 0.4) is 0 Å². The van der Waals surface area contributed by atoms with Crippen LogP contribution in [0.15, 0.2) is 22.7 Å². The van der Waals surface area contributed by atoms with E-state index < -0.39 is 42.4 Å². The van der Waals surface area contributed by atoms with E-state index in [1.54, 1.807) is 12.2 Å². The van der Waals surface area contributed by atoms with Gasteiger partial charge in [-0.25, -0.2) is 0 Å². The minimum atomic E-state index is -2.13. The Morgan fingerprint density at radius 1 is 1.43 bits per heavy atom. The van der Waals surface area contributed by atoms with Gasteiger partial charge in [-0.05, 0) is 42.0 Å². The van der Waals surface area contributed by atoms with E-state index in [2.05, 4.69) is 15.9 Å². The molecule has 3 unspecified atom stereocenters. The van der Waals surface area contributed by atoms with Crippen molar-refractivity contribution in [1.29, 1.82) is 0 Å². The van der Waals surface area contributed by atoms with E-state index in [0.717, 1.165) is 6.08 Å². The first-order valence-electron chi connectivity index (χ1n) is 6.55. The molecule has 2 aliphatic carbocycles. The third-order valence-corrected chi connectivity index (χ3v) is 5.22. The number of Topliss-reactive ketones (excluding diaryl/α,β-unsaturated/α-hetero) is 1. The minimum Gasteiger partial charge on any atom is -0.404 e. The van der Waals surface area contributed by atoms with Crippen LogP contribution >= 0.6 is 15.9 Å². The van der Waals surface area contributed by atoms with Gasteiger partial charge < -0.3 is 4.43 Å². The van der Waals surface area contributed by atoms with Crippen LogP contribution in [0.5, 0.6) is 0 Å². The molecule has 21 heavy (non-hydrogen) atoms. The molecule has 6 nitrogen and oxygen atoms in total. The maximum Gasteiger partial charge on any atom is 0.321 e. The summed E-state index contributed by atoms with van der Waals surface area (Å²) in [4.78, 5) is 35.8. The first kappa shape index (κ1) is 16.3. The molecule has 0 fully saturated rings. The number of nitrogens with zero attached hydrogens (tertiary/aromatic N) is 1. The van der Waals surface area contributed by atoms with Gasteiger partial charge in [0.05, 0.1) is 4.48 Å². The molecular formula is C13H16BrNO5Si. The highest BCUT2D eigenvalue weighted by Crippen LogP contribution is 2.42. The second kappa shape index (κ2) is 5.26. The quantitative estimate of drug-likeness (QED) is 0.327. The average Bonchev–Trinajstić information content (AvgIpc) is 2.33. The van der Waals surface area contributed by atoms with E-state index in [1.807, 2.05) is 19.6 Å². The van der Waals surface area contributed by atoms with Crippen molar-refractivity contribution in [3.8, 4) is 0 Å². The van der Waals surface area contributed by atoms with Crippen molar-refractivity contribution in [3.05, 3.63) is 32.8 Å². The Hall–Kier alpha value is -1.12. The van der Waals surface area contributed by atoms with Crippen molar-refractivity contribution < 1.29 is 18.9 Å². The van der Waals surface area contributed by atoms with Gasteiger partial charge in [0.15, 0.2) is 14.1 Å². The predicted molar refractivity (Wildman–Crippen MR) is 82.2 cm³/mol. The summed E-state index contributed by atoms with van der Waals surface area (Å²) in [5.41, 5.74) is -2.04. The molecule has 0 aromatic rings. The second-order valence-corrected chi connectivity index (χ2v) is 11.5. The fraction of sp³-hybridized carbons (Fsp3) is 0.538. The van der Waals surface area contributed by atoms with Crippen LogP contribution in [-0.2, 0) is 14.0 Å². The number of rotatable bonds is 3. The monoisotopic (exact) mass is 373 g/mol. The van der Waals surface area contributed by atoms with E-state index in [4.69, 9.17) is 4.43 Å². The van der Waals surface area contributed by atoms with Gasteiger partial charge in [-0.15, -0.1) is 0 Å². The molecule has 0 amide bonds. The van der Waals surface area contributed by atoms with Gasteiger partial charge in [-0.3, -0.25) is 19.7 Å². The van der Waals surface area contributed by atoms with Gasteiger partial charge in [0, 0.05) is 11.0 Å². The number of ketones is 2. The van der Waals surface area contributed by atoms with E-state index in [0.29, 0.717) is 0 Å². The Balaban J connectivity index is 2.61. The molecule has 114 valence electrons. The number of halogens is 1. The SMILES string of the molecule is C[Si](C)(C)OC1C=CCC2C(=O)C(Br)=CC(=O)C12[N+](=O)[O-]. The van der Waals surface area contributed by atoms with E-state index in [9.17, 15) is 19.7 Å². The maximum atomic E-state index is 12.4. The molecule has 0 saturated heterocycles. The summed E-state index contributed by atoms with van der Waals surface area (Å²) in [5.74, 6) is -2.12. The first-order chi connectivity index (χ1) is 9.60. The second-order valence-electron chi connectivity index (χ2n) is 6.17. The lowest BCUT2D eigenvalue weighted by Crippen LogP contribution is -2.66. The zero-order chi connectivity index (χ0) is 16.0. The molecule has 0 aliphatic heterocycles. The molecule has 0 heterocycles. The van der Waals surface area contributed by atoms with Gasteiger partial charge in [0.25, 0.3) is 0 Å². The van der Waals surface area contributed by atoms with Gasteiger partial charge >= 0.3 is 5.54 Å². The molecule has 0 aromatic heterocycles. The van der Waals surface area contributed by atoms with Crippen LogP contribution in [0.4, 0.5) is 0 Å². The molecule has 0 bridgehead atoms. The summed E-state index contributed by atoms with van der Waals surface area (Å²) in [7, 11) is -2.13. The Labute approximate surface area is 131 Å². The van der Waals surface area contributed by atoms with Crippen LogP contribution in [-0.4, -0.2) is 36.5 Å². The normalized spacial score (nSPS) is 32.7. The lowest BCUT2D eigenvalue weighted by molar-refractivity contribution is -0.568. The Kier molecular flexibility index (Phi) is 4.07. The van der Waals surface area contributed by atoms with Crippen LogP contribution in [0.2, 0.25) is 19.6 Å². The smallest absolute Gasteiger partial charge is 0.321 e. The molecule has 3 atom stereocenters. The van der Waals surface area contributed by atoms with Crippen molar-refractivity contribution in [2.45, 2.75) is 37.7 Å². The summed E-state index contributed by atoms with van der Waals surface area (Å²) in [6.45, 7) is 5.66. The summed E-state index contributed by atoms with van der Waals surface area (Å²) in [5, 5.41) is 11.8. The fourth-order valence-electron chi connectivity index (χ4n) is 2.78. The summed E-state index contributed by atoms with van der Waals surface area (Å²) < 4.78 is 5.95. The van der Waals surface area contributed by atoms with Gasteiger partial charge in [-0.2, -0.15) is 0 Å². The zero-order valence-corrected chi connectivity index (χ0v) is 14.5. The standard InChI is InChI=1S/C13H16BrNO5Si/c1-21(2,3)20-11-6-4-5-8-12(17)9(14)7-10(16)13(8,11)15(18)19/h4,6-8,11H,5H2,1-3H3. The Morgan fingerprint density at radius 3 is 2.57 bits per heavy atom. The number of hydrogen-bond donors (Lipinski definition) is 0. The van der Waals surface area contributed by atoms with Crippen molar-refractivity contribution in [3.63, 3.8) is 0 Å². The Morgan fingerprint density at radius 2 is 2.05 bits per heavy atom. The highest BCUT2D eigenvalue weighted by atomic mass is 79.9. The topological polar surface area (TPSA) is 86.5 Å². The summed E-state index contributed by atoms with van der Waals surface area (Å²) in [6, 6.07) is 0. The molecule has 8 heteroatoms. The van der Waals surface area contributed by atoms with Crippen molar-refractivity contribution in [2.75, 3.05) is 0 Å². The van der Waals surface area contributed by atoms with Crippen LogP contribution in [0.25, 0.3) is 0 Å². The van der Waals surface area contributed by atoms with Crippen molar-refractivity contribution >= 4 is 35.8 Å². The van der Waals surface area contributed by atoms with Gasteiger partial charge in [-0.1, -0.05) is 12.2 Å². The molecule has 0 radical (unpaired) electrons. The molecule has 2 aliphatic rings. The van der Waals surface area contributed by atoms with Gasteiger partial charge in [0.1, 0.15) is 12.0 Å². The number of carbonyl (C=O) groups excluding carboxylic acids is 2. The zero-order valence-electron chi connectivity index (χ0n) is 12.0. The van der Waals surface area contributed by atoms with Gasteiger partial charge in [0.2, 0.25) is 5.78 Å². The van der Waals surface area contributed by atoms with Crippen LogP contribution in [0, 0.1) is 16.0 Å². The molecule has 0 saturated carbocycles. The maximum absolute atomic E-state index is 12.4. The fourth-order valence-corrected chi connectivity index (χ4v) is 4.29. The molecule has 0 spiro atoms. The third kappa shape index (κ3) is 2.55. The predicted octanol–water partition coefficient (Wildman–Crippen LogP) is 2.23.